The molecule has 0 radical (unpaired) electrons. The fourth-order valence-electron chi connectivity index (χ4n) is 12.0. The van der Waals surface area contributed by atoms with Gasteiger partial charge in [-0.2, -0.15) is 16.8 Å². The highest BCUT2D eigenvalue weighted by atomic mass is 32.2. The maximum absolute atomic E-state index is 14.8. The van der Waals surface area contributed by atoms with E-state index in [0.717, 1.165) is 46.5 Å². The molecule has 3 aromatic rings. The van der Waals surface area contributed by atoms with Crippen LogP contribution in [0.1, 0.15) is 141 Å². The standard InChI is InChI=1S/C74H118N12O19S2/c1-57(55-106(93,94)95)86(65(88)51-82-34-36-83(52-66(89)103-70(2,3)4)38-40-85(54-68(91)105-72(8,9)10)41-39-84(37-35-82)53-67(90)104-71(5,6)7)62(56-107(96,97)98)69(92)76-33-24-43-100-46-48-101-47-45-99-42-23-32-75-63(87)29-19-20-31-74(78-80-81-79-74)73(11,12)30-21-22-44-102-64-50-60(58-25-15-13-16-26-58)49-61(77-64)59-27-17-14-18-28-59/h13-18,25-28,49-50,57,62H,19-24,29-48,51-56H2,1-12H3,(H,75,87)(H,76,92)(H,93,94,95)(H,96,97,98)/t57-,62+/m1/s1. The molecule has 3 amide bonds. The van der Waals surface area contributed by atoms with Gasteiger partial charge in [0.1, 0.15) is 28.6 Å². The van der Waals surface area contributed by atoms with Gasteiger partial charge in [-0.05, 0) is 148 Å². The maximum Gasteiger partial charge on any atom is 0.320 e. The molecule has 2 aliphatic rings. The minimum absolute atomic E-state index is 0.0381. The number of unbranched alkanes of at least 4 members (excludes halogenated alkanes) is 2. The Bertz CT molecular complexity index is 3440. The number of carbonyl (C=O) groups is 6. The Kier molecular flexibility index (Phi) is 37.2. The molecule has 0 aliphatic carbocycles. The van der Waals surface area contributed by atoms with Crippen molar-refractivity contribution in [2.45, 2.75) is 175 Å². The smallest absolute Gasteiger partial charge is 0.320 e. The normalized spacial score (nSPS) is 16.1. The van der Waals surface area contributed by atoms with Crippen molar-refractivity contribution in [2.75, 3.05) is 149 Å². The predicted molar refractivity (Wildman–Crippen MR) is 403 cm³/mol. The highest BCUT2D eigenvalue weighted by Gasteiger charge is 2.47. The third-order valence-electron chi connectivity index (χ3n) is 17.3. The van der Waals surface area contributed by atoms with Crippen LogP contribution in [0.25, 0.3) is 22.4 Å². The number of hydrogen-bond donors (Lipinski definition) is 4. The summed E-state index contributed by atoms with van der Waals surface area (Å²) in [4.78, 5) is 94.1. The van der Waals surface area contributed by atoms with Gasteiger partial charge in [0.2, 0.25) is 23.6 Å². The lowest BCUT2D eigenvalue weighted by molar-refractivity contribution is -0.158. The summed E-state index contributed by atoms with van der Waals surface area (Å²) in [7, 11) is -9.91. The minimum atomic E-state index is -5.05. The summed E-state index contributed by atoms with van der Waals surface area (Å²) in [5, 5.41) is 22.4. The predicted octanol–water partition coefficient (Wildman–Crippen LogP) is 7.75. The SMILES string of the molecule is C[C@H](CS(=O)(=O)O)N(C(=O)CN1CCN(CC(=O)OC(C)(C)C)CCN(CC(=O)OC(C)(C)C)CCN(CC(=O)OC(C)(C)C)CC1)[C@@H](CS(=O)(=O)O)C(=O)NCCCOCCOCCOCCCNC(=O)CCCCC1(C(C)(C)CCCCOc2cc(-c3ccccc3)cc(-c3ccccc3)n2)N=NN=N1. The number of aromatic nitrogens is 1. The second kappa shape index (κ2) is 44.0. The first-order valence-corrected chi connectivity index (χ1v) is 40.1. The molecular weight excluding hydrogens is 1430 g/mol. The van der Waals surface area contributed by atoms with E-state index < -0.39 is 103 Å². The molecule has 2 aromatic carbocycles. The van der Waals surface area contributed by atoms with E-state index in [4.69, 9.17) is 38.1 Å². The Morgan fingerprint density at radius 3 is 1.42 bits per heavy atom. The van der Waals surface area contributed by atoms with E-state index in [9.17, 15) is 54.7 Å². The number of esters is 3. The fraction of sp³-hybridized carbons (Fsp3) is 0.689. The zero-order valence-electron chi connectivity index (χ0n) is 64.8. The first kappa shape index (κ1) is 90.6. The Labute approximate surface area is 632 Å². The van der Waals surface area contributed by atoms with Crippen LogP contribution in [0.15, 0.2) is 93.5 Å². The van der Waals surface area contributed by atoms with Crippen LogP contribution in [0.2, 0.25) is 0 Å². The monoisotopic (exact) mass is 1540 g/mol. The molecular formula is C74H118N12O19S2. The molecule has 107 heavy (non-hydrogen) atoms. The zero-order valence-corrected chi connectivity index (χ0v) is 66.5. The van der Waals surface area contributed by atoms with Gasteiger partial charge in [0.15, 0.2) is 5.66 Å². The van der Waals surface area contributed by atoms with Crippen molar-refractivity contribution >= 4 is 55.9 Å². The van der Waals surface area contributed by atoms with Crippen molar-refractivity contribution in [3.8, 4) is 28.3 Å². The maximum atomic E-state index is 14.8. The van der Waals surface area contributed by atoms with Gasteiger partial charge < -0.3 is 48.7 Å². The van der Waals surface area contributed by atoms with Crippen LogP contribution in [-0.4, -0.2) is 275 Å². The van der Waals surface area contributed by atoms with Gasteiger partial charge in [0.25, 0.3) is 20.2 Å². The molecule has 600 valence electrons. The van der Waals surface area contributed by atoms with Crippen molar-refractivity contribution in [1.82, 2.24) is 40.1 Å². The van der Waals surface area contributed by atoms with Gasteiger partial charge in [0.05, 0.1) is 70.7 Å². The van der Waals surface area contributed by atoms with Crippen molar-refractivity contribution in [1.29, 1.82) is 0 Å². The molecule has 3 heterocycles. The fourth-order valence-corrected chi connectivity index (χ4v) is 13.5. The molecule has 0 spiro atoms. The van der Waals surface area contributed by atoms with E-state index in [1.165, 1.54) is 6.92 Å². The van der Waals surface area contributed by atoms with Gasteiger partial charge in [0, 0.05) is 108 Å². The molecule has 1 aromatic heterocycles. The van der Waals surface area contributed by atoms with Crippen LogP contribution in [0.3, 0.4) is 0 Å². The number of amides is 3. The first-order chi connectivity index (χ1) is 50.3. The number of pyridine rings is 1. The number of rotatable bonds is 43. The van der Waals surface area contributed by atoms with Gasteiger partial charge in [-0.15, -0.1) is 10.2 Å². The Morgan fingerprint density at radius 2 is 0.963 bits per heavy atom. The van der Waals surface area contributed by atoms with Crippen LogP contribution in [0.4, 0.5) is 0 Å². The molecule has 1 saturated heterocycles. The van der Waals surface area contributed by atoms with Gasteiger partial charge in [-0.25, -0.2) is 4.98 Å². The molecule has 4 N–H and O–H groups in total. The highest BCUT2D eigenvalue weighted by molar-refractivity contribution is 7.86. The minimum Gasteiger partial charge on any atom is -0.478 e. The quantitative estimate of drug-likeness (QED) is 0.0182. The Hall–Kier alpha value is -7.05. The van der Waals surface area contributed by atoms with Crippen molar-refractivity contribution in [2.24, 2.45) is 26.1 Å². The molecule has 2 atom stereocenters. The molecule has 0 saturated carbocycles. The van der Waals surface area contributed by atoms with Gasteiger partial charge in [-0.1, -0.05) is 74.5 Å². The van der Waals surface area contributed by atoms with Crippen LogP contribution in [0, 0.1) is 5.41 Å². The van der Waals surface area contributed by atoms with Crippen molar-refractivity contribution in [3.63, 3.8) is 0 Å². The lowest BCUT2D eigenvalue weighted by Crippen LogP contribution is -2.59. The third-order valence-corrected chi connectivity index (χ3v) is 18.9. The van der Waals surface area contributed by atoms with E-state index in [-0.39, 0.29) is 123 Å². The largest absolute Gasteiger partial charge is 0.478 e. The van der Waals surface area contributed by atoms with E-state index in [0.29, 0.717) is 64.3 Å². The molecule has 1 fully saturated rings. The summed E-state index contributed by atoms with van der Waals surface area (Å²) in [5.74, 6) is -5.52. The highest BCUT2D eigenvalue weighted by Crippen LogP contribution is 2.46. The van der Waals surface area contributed by atoms with E-state index in [1.54, 1.807) is 77.0 Å². The van der Waals surface area contributed by atoms with E-state index >= 15 is 0 Å². The second-order valence-corrected chi connectivity index (χ2v) is 33.6. The zero-order chi connectivity index (χ0) is 78.9. The summed E-state index contributed by atoms with van der Waals surface area (Å²) in [5.41, 5.74) is 0.354. The van der Waals surface area contributed by atoms with Crippen LogP contribution in [0.5, 0.6) is 5.88 Å². The van der Waals surface area contributed by atoms with Crippen molar-refractivity contribution in [3.05, 3.63) is 72.8 Å². The molecule has 5 rings (SSSR count). The first-order valence-electron chi connectivity index (χ1n) is 36.9. The Morgan fingerprint density at radius 1 is 0.523 bits per heavy atom. The Balaban J connectivity index is 1.03. The summed E-state index contributed by atoms with van der Waals surface area (Å²) < 4.78 is 110. The van der Waals surface area contributed by atoms with Crippen molar-refractivity contribution < 1.29 is 87.9 Å². The topological polar surface area (TPSA) is 378 Å². The average molecular weight is 1540 g/mol. The number of carbonyl (C=O) groups excluding carboxylic acids is 6. The average Bonchev–Trinajstić information content (AvgIpc) is 1.58. The second-order valence-electron chi connectivity index (χ2n) is 30.6. The lowest BCUT2D eigenvalue weighted by Gasteiger charge is -2.37. The van der Waals surface area contributed by atoms with Gasteiger partial charge >= 0.3 is 17.9 Å². The molecule has 0 bridgehead atoms. The number of hydrogen-bond acceptors (Lipinski definition) is 26. The third kappa shape index (κ3) is 36.8. The van der Waals surface area contributed by atoms with Crippen LogP contribution >= 0.6 is 0 Å². The lowest BCUT2D eigenvalue weighted by atomic mass is 9.73. The molecule has 0 unspecified atom stereocenters. The number of nitrogens with zero attached hydrogens (tertiary/aromatic N) is 10. The van der Waals surface area contributed by atoms with Crippen LogP contribution < -0.4 is 15.4 Å². The molecule has 33 heteroatoms. The molecule has 31 nitrogen and oxygen atoms in total. The number of nitrogens with one attached hydrogen (secondary N) is 2. The number of benzene rings is 2. The molecule has 2 aliphatic heterocycles. The van der Waals surface area contributed by atoms with E-state index in [1.807, 2.05) is 59.5 Å². The van der Waals surface area contributed by atoms with E-state index in [2.05, 4.69) is 63.4 Å². The number of ether oxygens (including phenoxy) is 7. The summed E-state index contributed by atoms with van der Waals surface area (Å²) >= 11 is 0. The summed E-state index contributed by atoms with van der Waals surface area (Å²) in [6, 6.07) is 20.7. The van der Waals surface area contributed by atoms with Crippen LogP contribution in [-0.2, 0) is 77.4 Å². The summed E-state index contributed by atoms with van der Waals surface area (Å²) in [6.45, 7) is 23.5. The van der Waals surface area contributed by atoms with Gasteiger partial charge in [-0.3, -0.25) is 57.5 Å². The summed E-state index contributed by atoms with van der Waals surface area (Å²) in [6.07, 6.45) is 5.52.